The van der Waals surface area contributed by atoms with Gasteiger partial charge in [0.1, 0.15) is 84.3 Å². The van der Waals surface area contributed by atoms with E-state index in [1.165, 1.54) is 47.0 Å². The molecule has 758 valence electrons. The number of para-hydroxylation sites is 1. The van der Waals surface area contributed by atoms with Gasteiger partial charge in [-0.1, -0.05) is 137 Å². The Bertz CT molecular complexity index is 3950. The fourth-order valence-electron chi connectivity index (χ4n) is 7.90. The number of hydrogen-bond acceptors (Lipinski definition) is 34. The smallest absolute Gasteiger partial charge is 0.323 e. The van der Waals surface area contributed by atoms with Crippen LogP contribution in [0.1, 0.15) is 122 Å². The number of unbranched alkanes of at least 4 members (excludes halogenated alkanes) is 1. The van der Waals surface area contributed by atoms with Crippen LogP contribution in [-0.2, 0) is 88.0 Å². The van der Waals surface area contributed by atoms with E-state index in [4.69, 9.17) is 168 Å². The van der Waals surface area contributed by atoms with E-state index in [9.17, 15) is 62.3 Å². The number of thioether (sulfide) groups is 1. The highest BCUT2D eigenvalue weighted by atomic mass is 35.5. The second-order valence-electron chi connectivity index (χ2n) is 28.5. The van der Waals surface area contributed by atoms with Crippen molar-refractivity contribution in [3.05, 3.63) is 120 Å². The summed E-state index contributed by atoms with van der Waals surface area (Å²) in [6.45, 7) is 13.6. The maximum atomic E-state index is 10.6. The molecule has 15 atom stereocenters. The van der Waals surface area contributed by atoms with E-state index in [1.807, 2.05) is 94.7 Å². The third kappa shape index (κ3) is 81.6. The van der Waals surface area contributed by atoms with Crippen LogP contribution >= 0.6 is 58.2 Å². The number of aromatic amines is 2. The van der Waals surface area contributed by atoms with E-state index >= 15 is 0 Å². The standard InChI is InChI=1S/C11H12N2O2.C9H11NO3.C9H11NO2.C6H14N4O2.C6H9N3O2.C6H12N2O4S2.C6H14N2O2.2C6H13NO2.C5H11NO2S.C5H11NO2.C4H9NO3.2ClH/c12-9(11(14)15)5-7-6-13-10-4-2-1-3-8(7)10;10-8(9(12)13)5-6-1-3-7(11)4-2-6;10-8(9(11)12)6-7-4-2-1-3-5-7;7-4(5(11)12)2-1-3-10-6(8)9;7-5(6(10)11)1-4-2-8-3-9-4;7-3(5(9)10)1-13-14-2-4(8)6(11)12;7-4-2-1-3-5(8)6(9)10;1-4(2)3-5(7)6(8)9;1-3-4(2)5(7)6(8)9;1-9-3-2-4(6)5(7)8;1-3(2)4(6)5(7)8;1-2(6)3(5)4(7)8;;/h1-4,6,9,13H,5,12H2,(H,14,15);1-4,8,11H,5,10H2,(H,12,13);1-5,8H,6,10H2,(H,11,12);4H,1-3,7H2,(H,11,12)(H4,8,9,10);2-3,5H,1,7H2,(H,8,9)(H,10,11);3-4H,1-2,7-8H2,(H,9,10)(H,11,12);5H,1-4,7-8H2,(H,9,10);2*4-5H,3,7H2,1-2H3,(H,8,9);4H,2-3,6H2,1H3,(H,7,8);3-4H,6H2,1-2H3,(H,7,8);2-3,6H,5H2,1H3,(H,7,8);2*1H/t9-;2*8-;4-;5-;3-,4-;2*5-;4-,5-;2*4-;2-,3+;;/m000000000001../s1. The molecule has 0 fully saturated rings. The van der Waals surface area contributed by atoms with Crippen LogP contribution in [0, 0.1) is 17.8 Å². The van der Waals surface area contributed by atoms with Crippen molar-refractivity contribution in [3.63, 3.8) is 0 Å². The van der Waals surface area contributed by atoms with Crippen molar-refractivity contribution in [2.45, 2.75) is 210 Å². The number of aromatic nitrogens is 3. The second kappa shape index (κ2) is 83.7. The lowest BCUT2D eigenvalue weighted by molar-refractivity contribution is -0.141. The van der Waals surface area contributed by atoms with Crippen molar-refractivity contribution in [3.8, 4) is 5.75 Å². The number of imidazole rings is 1. The summed E-state index contributed by atoms with van der Waals surface area (Å²) in [6, 6.07) is 12.7. The van der Waals surface area contributed by atoms with Crippen LogP contribution in [0.2, 0.25) is 0 Å². The molecule has 0 amide bonds. The number of aliphatic carboxylic acids is 13. The predicted octanol–water partition coefficient (Wildman–Crippen LogP) is -0.638. The summed E-state index contributed by atoms with van der Waals surface area (Å²) < 4.78 is 0. The minimum Gasteiger partial charge on any atom is -0.508 e. The molecule has 53 heteroatoms. The first kappa shape index (κ1) is 140. The number of nitrogens with one attached hydrogen (secondary N) is 2. The van der Waals surface area contributed by atoms with Crippen LogP contribution in [0.5, 0.6) is 5.75 Å². The summed E-state index contributed by atoms with van der Waals surface area (Å²) in [5.74, 6) is -11.0. The molecule has 3 aromatic carbocycles. The zero-order valence-electron chi connectivity index (χ0n) is 74.8. The Morgan fingerprint density at radius 2 is 0.811 bits per heavy atom. The van der Waals surface area contributed by atoms with Gasteiger partial charge in [0, 0.05) is 59.9 Å². The van der Waals surface area contributed by atoms with Crippen LogP contribution in [0.3, 0.4) is 0 Å². The third-order valence-corrected chi connectivity index (χ3v) is 19.3. The number of carboxylic acid groups (broad SMARTS) is 13. The molecule has 0 aliphatic heterocycles. The number of nitrogens with two attached hydrogens (primary N) is 16. The van der Waals surface area contributed by atoms with Gasteiger partial charge in [0.25, 0.3) is 0 Å². The number of rotatable bonds is 43. The van der Waals surface area contributed by atoms with Gasteiger partial charge in [-0.2, -0.15) is 11.8 Å². The van der Waals surface area contributed by atoms with Crippen LogP contribution in [0.25, 0.3) is 10.9 Å². The summed E-state index contributed by atoms with van der Waals surface area (Å²) >= 11 is 1.60. The van der Waals surface area contributed by atoms with Crippen molar-refractivity contribution in [1.82, 2.24) is 15.0 Å². The molecule has 48 nitrogen and oxygen atoms in total. The number of aliphatic imine (C=N–C) groups is 1. The number of aromatic hydroxyl groups is 1. The van der Waals surface area contributed by atoms with Crippen molar-refractivity contribution in [1.29, 1.82) is 0 Å². The fraction of sp³-hybridized carbons (Fsp3) is 0.532. The second-order valence-corrected chi connectivity index (χ2v) is 32.1. The number of guanidine groups is 1. The summed E-state index contributed by atoms with van der Waals surface area (Å²) in [5, 5.41) is 127. The zero-order chi connectivity index (χ0) is 102. The first-order valence-electron chi connectivity index (χ1n) is 39.6. The Morgan fingerprint density at radius 3 is 1.13 bits per heavy atom. The topological polar surface area (TPSA) is 999 Å². The lowest BCUT2D eigenvalue weighted by Crippen LogP contribution is -2.39. The van der Waals surface area contributed by atoms with Crippen molar-refractivity contribution >= 4 is 153 Å². The van der Waals surface area contributed by atoms with Gasteiger partial charge >= 0.3 is 77.6 Å². The molecule has 2 aromatic heterocycles. The molecule has 5 aromatic rings. The molecule has 49 N–H and O–H groups in total. The molecule has 0 saturated carbocycles. The normalized spacial score (nSPS) is 13.4. The fourth-order valence-corrected chi connectivity index (χ4v) is 10.6. The van der Waals surface area contributed by atoms with Crippen LogP contribution in [0.15, 0.2) is 103 Å². The molecular formula is C79H142Cl2N20O28S3. The molecule has 0 aliphatic rings. The summed E-state index contributed by atoms with van der Waals surface area (Å²) in [5.41, 5.74) is 87.8. The predicted molar refractivity (Wildman–Crippen MR) is 510 cm³/mol. The number of phenols is 1. The first-order chi connectivity index (χ1) is 60.3. The average Bonchev–Trinajstić information content (AvgIpc) is 1.69. The zero-order valence-corrected chi connectivity index (χ0v) is 78.8. The van der Waals surface area contributed by atoms with Crippen LogP contribution < -0.4 is 91.7 Å². The average molecular weight is 1990 g/mol. The number of halogens is 2. The molecular weight excluding hydrogens is 1840 g/mol. The molecule has 0 unspecified atom stereocenters. The Balaban J connectivity index is -0.000000179. The molecule has 132 heavy (non-hydrogen) atoms. The highest BCUT2D eigenvalue weighted by Gasteiger charge is 2.22. The van der Waals surface area contributed by atoms with E-state index in [-0.39, 0.29) is 72.7 Å². The first-order valence-corrected chi connectivity index (χ1v) is 43.4. The Kier molecular flexibility index (Phi) is 88.4. The number of H-pyrrole nitrogens is 2. The number of aliphatic hydroxyl groups is 1. The minimum atomic E-state index is -1.18. The largest absolute Gasteiger partial charge is 0.508 e. The number of hydrogen-bond donors (Lipinski definition) is 33. The van der Waals surface area contributed by atoms with Gasteiger partial charge in [-0.15, -0.1) is 24.8 Å². The van der Waals surface area contributed by atoms with Gasteiger partial charge in [-0.25, -0.2) is 4.98 Å². The van der Waals surface area contributed by atoms with E-state index in [1.54, 1.807) is 43.9 Å². The Morgan fingerprint density at radius 1 is 0.432 bits per heavy atom. The number of phenolic OH excluding ortho intramolecular Hbond substituents is 1. The number of carboxylic acids is 13. The van der Waals surface area contributed by atoms with Crippen molar-refractivity contribution in [2.24, 2.45) is 114 Å². The Hall–Kier alpha value is -10.4. The highest BCUT2D eigenvalue weighted by molar-refractivity contribution is 8.76. The van der Waals surface area contributed by atoms with Crippen molar-refractivity contribution < 1.29 is 139 Å². The van der Waals surface area contributed by atoms with Gasteiger partial charge in [-0.3, -0.25) is 67.3 Å². The third-order valence-electron chi connectivity index (χ3n) is 16.2. The van der Waals surface area contributed by atoms with E-state index in [0.717, 1.165) is 58.3 Å². The quantitative estimate of drug-likeness (QED) is 0.00999. The van der Waals surface area contributed by atoms with Crippen molar-refractivity contribution in [2.75, 3.05) is 36.6 Å². The SMILES string of the molecule is CC(C)C[C@H](N)C(=O)O.CC(C)[C@H](N)C(=O)O.CC[C@H](C)[C@H](N)C(=O)O.CSCC[C@H](N)C(=O)O.C[C@@H](O)[C@H](N)C(=O)O.Cl.Cl.NC(N)=NCCC[C@H](N)C(=O)O.NCCCC[C@H](N)C(=O)O.N[C@@H](CSSC[C@H](N)C(=O)O)C(=O)O.N[C@@H](Cc1c[nH]c2ccccc12)C(=O)O.N[C@@H](Cc1ccc(O)cc1)C(=O)O.N[C@@H](Cc1ccccc1)C(=O)O.N[C@@H](Cc1cnc[nH]1)C(=O)O. The number of benzene rings is 3. The maximum absolute atomic E-state index is 10.6. The Labute approximate surface area is 789 Å². The summed E-state index contributed by atoms with van der Waals surface area (Å²) in [7, 11) is 2.41. The van der Waals surface area contributed by atoms with E-state index in [0.29, 0.717) is 64.0 Å². The van der Waals surface area contributed by atoms with Gasteiger partial charge in [0.05, 0.1) is 12.4 Å². The highest BCUT2D eigenvalue weighted by Crippen LogP contribution is 2.22. The summed E-state index contributed by atoms with van der Waals surface area (Å²) in [6.07, 6.45) is 12.1. The molecule has 2 heterocycles. The minimum absolute atomic E-state index is 0. The van der Waals surface area contributed by atoms with Crippen LogP contribution in [0.4, 0.5) is 0 Å². The number of aliphatic hydroxyl groups excluding tert-OH is 1. The monoisotopic (exact) mass is 1980 g/mol. The van der Waals surface area contributed by atoms with Gasteiger partial charge in [0.2, 0.25) is 0 Å². The molecule has 0 radical (unpaired) electrons. The molecule has 0 aliphatic carbocycles. The molecule has 0 bridgehead atoms. The molecule has 0 spiro atoms. The van der Waals surface area contributed by atoms with E-state index < -0.39 is 162 Å². The van der Waals surface area contributed by atoms with Gasteiger partial charge in [0.15, 0.2) is 5.96 Å². The number of fused-ring (bicyclic) bond motifs is 1. The lowest BCUT2D eigenvalue weighted by Gasteiger charge is -2.11. The molecule has 5 rings (SSSR count). The van der Waals surface area contributed by atoms with Crippen LogP contribution in [-0.4, -0.2) is 296 Å². The molecule has 0 saturated heterocycles. The maximum Gasteiger partial charge on any atom is 0.323 e. The van der Waals surface area contributed by atoms with E-state index in [2.05, 4.69) is 19.9 Å². The summed E-state index contributed by atoms with van der Waals surface area (Å²) in [4.78, 5) is 146. The number of nitrogens with zero attached hydrogens (tertiary/aromatic N) is 2. The number of carbonyl (C=O) groups is 13. The van der Waals surface area contributed by atoms with Gasteiger partial charge < -0.3 is 178 Å². The lowest BCUT2D eigenvalue weighted by atomic mass is 10.0. The van der Waals surface area contributed by atoms with Gasteiger partial charge in [-0.05, 0) is 129 Å².